The number of rotatable bonds is 8. The number of carbonyl (C=O) groups is 1. The SMILES string of the molecule is CCCn1c(N2CCN(c3ccccc3)CC2)c(/C=C2/SC(=S)N(Cc3ccc(OC)cc3)C2=O)c(C)c(C#N)c1=O. The number of methoxy groups -OCH3 is 1. The number of thioether (sulfide) groups is 1. The third kappa shape index (κ3) is 5.80. The molecule has 42 heavy (non-hydrogen) atoms. The highest BCUT2D eigenvalue weighted by molar-refractivity contribution is 8.26. The van der Waals surface area contributed by atoms with Crippen molar-refractivity contribution >= 4 is 51.8 Å². The van der Waals surface area contributed by atoms with E-state index in [0.717, 1.165) is 42.2 Å². The Morgan fingerprint density at radius 2 is 1.69 bits per heavy atom. The molecule has 0 aliphatic carbocycles. The van der Waals surface area contributed by atoms with Gasteiger partial charge in [0.25, 0.3) is 11.5 Å². The molecular formula is C32H33N5O3S2. The van der Waals surface area contributed by atoms with Crippen molar-refractivity contribution in [1.82, 2.24) is 9.47 Å². The summed E-state index contributed by atoms with van der Waals surface area (Å²) < 4.78 is 7.43. The van der Waals surface area contributed by atoms with Gasteiger partial charge < -0.3 is 14.5 Å². The van der Waals surface area contributed by atoms with Gasteiger partial charge in [0, 0.05) is 44.0 Å². The predicted octanol–water partition coefficient (Wildman–Crippen LogP) is 5.18. The van der Waals surface area contributed by atoms with E-state index in [1.807, 2.05) is 55.5 Å². The number of piperazine rings is 1. The van der Waals surface area contributed by atoms with Crippen LogP contribution in [0.1, 0.15) is 35.6 Å². The van der Waals surface area contributed by atoms with E-state index in [-0.39, 0.29) is 17.0 Å². The van der Waals surface area contributed by atoms with Gasteiger partial charge in [-0.15, -0.1) is 0 Å². The van der Waals surface area contributed by atoms with E-state index >= 15 is 0 Å². The average molecular weight is 600 g/mol. The van der Waals surface area contributed by atoms with Crippen molar-refractivity contribution in [2.75, 3.05) is 43.1 Å². The standard InChI is InChI=1S/C32H33N5O3S2/c1-4-14-36-29(35-17-15-34(16-18-35)24-8-6-5-7-9-24)26(22(2)27(20-33)30(36)38)19-28-31(39)37(32(41)42-28)21-23-10-12-25(40-3)13-11-23/h5-13,19H,4,14-18,21H2,1-3H3/b28-19+. The zero-order valence-corrected chi connectivity index (χ0v) is 25.6. The Kier molecular flexibility index (Phi) is 9.00. The van der Waals surface area contributed by atoms with Gasteiger partial charge in [0.1, 0.15) is 27.5 Å². The molecule has 0 atom stereocenters. The van der Waals surface area contributed by atoms with E-state index in [2.05, 4.69) is 28.0 Å². The first-order valence-corrected chi connectivity index (χ1v) is 15.2. The minimum absolute atomic E-state index is 0.107. The average Bonchev–Trinajstić information content (AvgIpc) is 3.28. The summed E-state index contributed by atoms with van der Waals surface area (Å²) in [4.78, 5) is 33.8. The van der Waals surface area contributed by atoms with Crippen LogP contribution >= 0.6 is 24.0 Å². The molecule has 8 nitrogen and oxygen atoms in total. The molecule has 0 radical (unpaired) electrons. The monoisotopic (exact) mass is 599 g/mol. The van der Waals surface area contributed by atoms with E-state index in [4.69, 9.17) is 17.0 Å². The summed E-state index contributed by atoms with van der Waals surface area (Å²) in [5.74, 6) is 1.31. The zero-order chi connectivity index (χ0) is 29.8. The zero-order valence-electron chi connectivity index (χ0n) is 24.0. The highest BCUT2D eigenvalue weighted by Gasteiger charge is 2.34. The summed E-state index contributed by atoms with van der Waals surface area (Å²) in [5, 5.41) is 9.96. The fourth-order valence-corrected chi connectivity index (χ4v) is 6.65. The second kappa shape index (κ2) is 12.8. The van der Waals surface area contributed by atoms with Gasteiger partial charge in [0.15, 0.2) is 0 Å². The minimum atomic E-state index is -0.290. The highest BCUT2D eigenvalue weighted by atomic mass is 32.2. The van der Waals surface area contributed by atoms with E-state index in [1.54, 1.807) is 23.5 Å². The molecule has 0 bridgehead atoms. The number of hydrogen-bond donors (Lipinski definition) is 0. The summed E-state index contributed by atoms with van der Waals surface area (Å²) in [6.45, 7) is 7.59. The van der Waals surface area contributed by atoms with Crippen molar-refractivity contribution in [1.29, 1.82) is 5.26 Å². The van der Waals surface area contributed by atoms with Gasteiger partial charge >= 0.3 is 0 Å². The molecule has 3 aromatic rings. The smallest absolute Gasteiger partial charge is 0.270 e. The summed E-state index contributed by atoms with van der Waals surface area (Å²) in [5.41, 5.74) is 3.22. The van der Waals surface area contributed by atoms with Crippen LogP contribution in [0.15, 0.2) is 64.3 Å². The number of amides is 1. The highest BCUT2D eigenvalue weighted by Crippen LogP contribution is 2.37. The molecule has 0 unspecified atom stereocenters. The molecule has 2 aliphatic rings. The number of aromatic nitrogens is 1. The molecule has 0 N–H and O–H groups in total. The van der Waals surface area contributed by atoms with E-state index in [9.17, 15) is 14.9 Å². The Balaban J connectivity index is 1.52. The minimum Gasteiger partial charge on any atom is -0.497 e. The third-order valence-corrected chi connectivity index (χ3v) is 9.02. The lowest BCUT2D eigenvalue weighted by atomic mass is 10.0. The van der Waals surface area contributed by atoms with Crippen LogP contribution in [0, 0.1) is 18.3 Å². The first-order valence-electron chi connectivity index (χ1n) is 14.0. The number of thiocarbonyl (C=S) groups is 1. The quantitative estimate of drug-likeness (QED) is 0.259. The molecule has 3 heterocycles. The first kappa shape index (κ1) is 29.4. The number of anilines is 2. The number of pyridine rings is 1. The molecule has 2 fully saturated rings. The van der Waals surface area contributed by atoms with Gasteiger partial charge in [-0.25, -0.2) is 0 Å². The van der Waals surface area contributed by atoms with Gasteiger partial charge in [-0.3, -0.25) is 19.1 Å². The van der Waals surface area contributed by atoms with Crippen LogP contribution in [0.3, 0.4) is 0 Å². The number of ether oxygens (including phenoxy) is 1. The van der Waals surface area contributed by atoms with Crippen LogP contribution < -0.4 is 20.1 Å². The lowest BCUT2D eigenvalue weighted by Gasteiger charge is -2.39. The van der Waals surface area contributed by atoms with E-state index in [1.165, 1.54) is 17.4 Å². The van der Waals surface area contributed by atoms with E-state index in [0.29, 0.717) is 41.0 Å². The van der Waals surface area contributed by atoms with Gasteiger partial charge in [-0.05, 0) is 54.8 Å². The number of para-hydroxylation sites is 1. The molecule has 2 aliphatic heterocycles. The Morgan fingerprint density at radius 1 is 1.02 bits per heavy atom. The first-order chi connectivity index (χ1) is 20.4. The second-order valence-electron chi connectivity index (χ2n) is 10.2. The molecule has 10 heteroatoms. The maximum atomic E-state index is 13.6. The van der Waals surface area contributed by atoms with Crippen LogP contribution in [0.25, 0.3) is 6.08 Å². The number of hydrogen-bond acceptors (Lipinski definition) is 8. The van der Waals surface area contributed by atoms with Crippen molar-refractivity contribution in [3.8, 4) is 11.8 Å². The maximum Gasteiger partial charge on any atom is 0.270 e. The van der Waals surface area contributed by atoms with Crippen molar-refractivity contribution in [2.24, 2.45) is 0 Å². The normalized spacial score (nSPS) is 16.3. The molecule has 2 saturated heterocycles. The van der Waals surface area contributed by atoms with Crippen molar-refractivity contribution in [3.05, 3.63) is 92.1 Å². The number of benzene rings is 2. The number of nitriles is 1. The maximum absolute atomic E-state index is 13.6. The van der Waals surface area contributed by atoms with E-state index < -0.39 is 0 Å². The fourth-order valence-electron chi connectivity index (χ4n) is 5.41. The Bertz CT molecular complexity index is 1620. The molecule has 1 aromatic heterocycles. The van der Waals surface area contributed by atoms with Crippen molar-refractivity contribution in [3.63, 3.8) is 0 Å². The van der Waals surface area contributed by atoms with Crippen molar-refractivity contribution in [2.45, 2.75) is 33.4 Å². The van der Waals surface area contributed by atoms with Crippen LogP contribution in [0.4, 0.5) is 11.5 Å². The summed E-state index contributed by atoms with van der Waals surface area (Å²) in [6, 6.07) is 20.0. The molecule has 5 rings (SSSR count). The second-order valence-corrected chi connectivity index (χ2v) is 11.9. The van der Waals surface area contributed by atoms with Gasteiger partial charge in [0.05, 0.1) is 18.6 Å². The van der Waals surface area contributed by atoms with Gasteiger partial charge in [-0.2, -0.15) is 5.26 Å². The van der Waals surface area contributed by atoms with Crippen LogP contribution in [-0.4, -0.2) is 53.0 Å². The van der Waals surface area contributed by atoms with Crippen LogP contribution in [-0.2, 0) is 17.9 Å². The number of carbonyl (C=O) groups excluding carboxylic acids is 1. The number of nitrogens with zero attached hydrogens (tertiary/aromatic N) is 5. The molecule has 0 spiro atoms. The molecule has 2 aromatic carbocycles. The molecule has 0 saturated carbocycles. The lowest BCUT2D eigenvalue weighted by Crippen LogP contribution is -2.48. The van der Waals surface area contributed by atoms with Gasteiger partial charge in [0.2, 0.25) is 0 Å². The molecule has 1 amide bonds. The van der Waals surface area contributed by atoms with Crippen molar-refractivity contribution < 1.29 is 9.53 Å². The van der Waals surface area contributed by atoms with Crippen LogP contribution in [0.5, 0.6) is 5.75 Å². The summed E-state index contributed by atoms with van der Waals surface area (Å²) in [7, 11) is 1.61. The fraction of sp³-hybridized carbons (Fsp3) is 0.312. The Labute approximate surface area is 255 Å². The predicted molar refractivity (Wildman–Crippen MR) is 173 cm³/mol. The van der Waals surface area contributed by atoms with Crippen LogP contribution in [0.2, 0.25) is 0 Å². The summed E-state index contributed by atoms with van der Waals surface area (Å²) >= 11 is 6.87. The largest absolute Gasteiger partial charge is 0.497 e. The third-order valence-electron chi connectivity index (χ3n) is 7.64. The molecular weight excluding hydrogens is 567 g/mol. The topological polar surface area (TPSA) is 81.8 Å². The Morgan fingerprint density at radius 3 is 2.31 bits per heavy atom. The molecule has 216 valence electrons. The summed E-state index contributed by atoms with van der Waals surface area (Å²) in [6.07, 6.45) is 2.56. The lowest BCUT2D eigenvalue weighted by molar-refractivity contribution is -0.122. The van der Waals surface area contributed by atoms with Gasteiger partial charge in [-0.1, -0.05) is 61.2 Å². The Hall–Kier alpha value is -4.07.